The van der Waals surface area contributed by atoms with Gasteiger partial charge in [0, 0.05) is 26.2 Å². The largest absolute Gasteiger partial charge is 0.379 e. The SMILES string of the molecule is CCN(CC)c1ccc(S(=O)(=O)N2CCOCC2)cc1NC(=O)CCl. The monoisotopic (exact) mass is 389 g/mol. The lowest BCUT2D eigenvalue weighted by molar-refractivity contribution is -0.113. The molecule has 7 nitrogen and oxygen atoms in total. The molecular formula is C16H24ClN3O4S. The average molecular weight is 390 g/mol. The van der Waals surface area contributed by atoms with E-state index in [0.29, 0.717) is 32.0 Å². The van der Waals surface area contributed by atoms with E-state index >= 15 is 0 Å². The molecule has 0 spiro atoms. The summed E-state index contributed by atoms with van der Waals surface area (Å²) in [6, 6.07) is 4.81. The smallest absolute Gasteiger partial charge is 0.243 e. The van der Waals surface area contributed by atoms with Crippen LogP contribution in [0.2, 0.25) is 0 Å². The van der Waals surface area contributed by atoms with Gasteiger partial charge in [-0.3, -0.25) is 4.79 Å². The fourth-order valence-electron chi connectivity index (χ4n) is 2.74. The summed E-state index contributed by atoms with van der Waals surface area (Å²) in [5.41, 5.74) is 1.22. The lowest BCUT2D eigenvalue weighted by Crippen LogP contribution is -2.40. The first-order valence-corrected chi connectivity index (χ1v) is 10.2. The van der Waals surface area contributed by atoms with Crippen LogP contribution in [0.15, 0.2) is 23.1 Å². The van der Waals surface area contributed by atoms with Crippen molar-refractivity contribution in [1.82, 2.24) is 4.31 Å². The number of amides is 1. The van der Waals surface area contributed by atoms with Crippen LogP contribution in [0.3, 0.4) is 0 Å². The number of benzene rings is 1. The number of ether oxygens (including phenoxy) is 1. The molecule has 1 aliphatic heterocycles. The Labute approximate surface area is 153 Å². The predicted molar refractivity (Wildman–Crippen MR) is 98.9 cm³/mol. The summed E-state index contributed by atoms with van der Waals surface area (Å²) in [5.74, 6) is -0.575. The van der Waals surface area contributed by atoms with E-state index in [2.05, 4.69) is 5.32 Å². The number of carbonyl (C=O) groups excluding carboxylic acids is 1. The molecule has 9 heteroatoms. The first kappa shape index (κ1) is 20.0. The Balaban J connectivity index is 2.42. The molecule has 1 aromatic carbocycles. The lowest BCUT2D eigenvalue weighted by atomic mass is 10.2. The van der Waals surface area contributed by atoms with Crippen molar-refractivity contribution < 1.29 is 17.9 Å². The van der Waals surface area contributed by atoms with Gasteiger partial charge < -0.3 is 15.0 Å². The number of anilines is 2. The molecule has 0 radical (unpaired) electrons. The van der Waals surface area contributed by atoms with Crippen molar-refractivity contribution in [2.24, 2.45) is 0 Å². The van der Waals surface area contributed by atoms with Crippen LogP contribution in [0.4, 0.5) is 11.4 Å². The van der Waals surface area contributed by atoms with E-state index in [4.69, 9.17) is 16.3 Å². The summed E-state index contributed by atoms with van der Waals surface area (Å²) in [5, 5.41) is 2.70. The second-order valence-corrected chi connectivity index (χ2v) is 7.75. The van der Waals surface area contributed by atoms with E-state index in [9.17, 15) is 13.2 Å². The molecule has 1 saturated heterocycles. The summed E-state index contributed by atoms with van der Waals surface area (Å²) >= 11 is 5.59. The second-order valence-electron chi connectivity index (χ2n) is 5.55. The number of carbonyl (C=O) groups is 1. The molecule has 1 fully saturated rings. The molecule has 0 unspecified atom stereocenters. The van der Waals surface area contributed by atoms with Crippen molar-refractivity contribution in [3.63, 3.8) is 0 Å². The van der Waals surface area contributed by atoms with E-state index < -0.39 is 10.0 Å². The van der Waals surface area contributed by atoms with E-state index in [-0.39, 0.29) is 16.7 Å². The fourth-order valence-corrected chi connectivity index (χ4v) is 4.24. The lowest BCUT2D eigenvalue weighted by Gasteiger charge is -2.28. The van der Waals surface area contributed by atoms with Crippen molar-refractivity contribution in [3.05, 3.63) is 18.2 Å². The third kappa shape index (κ3) is 4.63. The van der Waals surface area contributed by atoms with Gasteiger partial charge in [0.1, 0.15) is 5.88 Å². The average Bonchev–Trinajstić information content (AvgIpc) is 2.64. The molecule has 2 rings (SSSR count). The quantitative estimate of drug-likeness (QED) is 0.718. The highest BCUT2D eigenvalue weighted by Crippen LogP contribution is 2.30. The summed E-state index contributed by atoms with van der Waals surface area (Å²) in [6.07, 6.45) is 0. The van der Waals surface area contributed by atoms with Crippen LogP contribution in [-0.4, -0.2) is 63.9 Å². The van der Waals surface area contributed by atoms with Crippen LogP contribution in [0, 0.1) is 0 Å². The molecule has 1 aliphatic rings. The molecule has 1 heterocycles. The van der Waals surface area contributed by atoms with E-state index in [1.165, 1.54) is 10.4 Å². The zero-order valence-corrected chi connectivity index (χ0v) is 16.1. The Morgan fingerprint density at radius 2 is 1.92 bits per heavy atom. The Kier molecular flexibility index (Phi) is 7.06. The summed E-state index contributed by atoms with van der Waals surface area (Å²) in [4.78, 5) is 13.9. The zero-order chi connectivity index (χ0) is 18.4. The Morgan fingerprint density at radius 3 is 2.48 bits per heavy atom. The van der Waals surface area contributed by atoms with E-state index in [1.54, 1.807) is 12.1 Å². The van der Waals surface area contributed by atoms with E-state index in [0.717, 1.165) is 18.8 Å². The molecule has 1 amide bonds. The first-order chi connectivity index (χ1) is 11.9. The van der Waals surface area contributed by atoms with Crippen molar-refractivity contribution >= 4 is 38.9 Å². The van der Waals surface area contributed by atoms with Gasteiger partial charge in [0.25, 0.3) is 0 Å². The highest BCUT2D eigenvalue weighted by atomic mass is 35.5. The van der Waals surface area contributed by atoms with Gasteiger partial charge in [0.15, 0.2) is 0 Å². The Morgan fingerprint density at radius 1 is 1.28 bits per heavy atom. The third-order valence-electron chi connectivity index (χ3n) is 4.08. The van der Waals surface area contributed by atoms with Crippen LogP contribution in [0.5, 0.6) is 0 Å². The summed E-state index contributed by atoms with van der Waals surface area (Å²) in [6.45, 7) is 6.86. The standard InChI is InChI=1S/C16H24ClN3O4S/c1-3-19(4-2)15-6-5-13(11-14(15)18-16(21)12-17)25(22,23)20-7-9-24-10-8-20/h5-6,11H,3-4,7-10,12H2,1-2H3,(H,18,21). The van der Waals surface area contributed by atoms with Gasteiger partial charge in [0.2, 0.25) is 15.9 Å². The number of hydrogen-bond donors (Lipinski definition) is 1. The molecular weight excluding hydrogens is 366 g/mol. The van der Waals surface area contributed by atoms with Crippen LogP contribution in [-0.2, 0) is 19.6 Å². The summed E-state index contributed by atoms with van der Waals surface area (Å²) in [7, 11) is -3.63. The Bertz CT molecular complexity index is 701. The van der Waals surface area contributed by atoms with Crippen LogP contribution < -0.4 is 10.2 Å². The summed E-state index contributed by atoms with van der Waals surface area (Å²) < 4.78 is 32.3. The zero-order valence-electron chi connectivity index (χ0n) is 14.5. The molecule has 0 atom stereocenters. The molecule has 140 valence electrons. The number of nitrogens with one attached hydrogen (secondary N) is 1. The molecule has 0 bridgehead atoms. The molecule has 0 aliphatic carbocycles. The van der Waals surface area contributed by atoms with Gasteiger partial charge >= 0.3 is 0 Å². The maximum Gasteiger partial charge on any atom is 0.243 e. The third-order valence-corrected chi connectivity index (χ3v) is 6.21. The number of rotatable bonds is 7. The number of nitrogens with zero attached hydrogens (tertiary/aromatic N) is 2. The second kappa shape index (κ2) is 8.84. The number of sulfonamides is 1. The minimum atomic E-state index is -3.63. The van der Waals surface area contributed by atoms with Crippen molar-refractivity contribution in [2.45, 2.75) is 18.7 Å². The van der Waals surface area contributed by atoms with Crippen molar-refractivity contribution in [3.8, 4) is 0 Å². The van der Waals surface area contributed by atoms with Gasteiger partial charge in [-0.15, -0.1) is 11.6 Å². The van der Waals surface area contributed by atoms with Crippen LogP contribution >= 0.6 is 11.6 Å². The maximum atomic E-state index is 12.8. The number of hydrogen-bond acceptors (Lipinski definition) is 5. The van der Waals surface area contributed by atoms with Crippen molar-refractivity contribution in [1.29, 1.82) is 0 Å². The molecule has 0 aromatic heterocycles. The topological polar surface area (TPSA) is 79.0 Å². The van der Waals surface area contributed by atoms with Crippen LogP contribution in [0.1, 0.15) is 13.8 Å². The van der Waals surface area contributed by atoms with Gasteiger partial charge in [0.05, 0.1) is 29.5 Å². The number of morpholine rings is 1. The Hall–Kier alpha value is -1.35. The fraction of sp³-hybridized carbons (Fsp3) is 0.562. The normalized spacial score (nSPS) is 15.8. The maximum absolute atomic E-state index is 12.8. The highest BCUT2D eigenvalue weighted by Gasteiger charge is 2.27. The minimum Gasteiger partial charge on any atom is -0.379 e. The van der Waals surface area contributed by atoms with E-state index in [1.807, 2.05) is 18.7 Å². The number of halogens is 1. The molecule has 1 N–H and O–H groups in total. The van der Waals surface area contributed by atoms with Crippen molar-refractivity contribution in [2.75, 3.05) is 55.5 Å². The first-order valence-electron chi connectivity index (χ1n) is 8.26. The van der Waals surface area contributed by atoms with Gasteiger partial charge in [-0.25, -0.2) is 8.42 Å². The van der Waals surface area contributed by atoms with Gasteiger partial charge in [-0.1, -0.05) is 0 Å². The van der Waals surface area contributed by atoms with Gasteiger partial charge in [-0.2, -0.15) is 4.31 Å². The minimum absolute atomic E-state index is 0.148. The molecule has 1 aromatic rings. The predicted octanol–water partition coefficient (Wildman–Crippen LogP) is 1.73. The van der Waals surface area contributed by atoms with Crippen LogP contribution in [0.25, 0.3) is 0 Å². The number of alkyl halides is 1. The van der Waals surface area contributed by atoms with Gasteiger partial charge in [-0.05, 0) is 32.0 Å². The highest BCUT2D eigenvalue weighted by molar-refractivity contribution is 7.89. The molecule has 25 heavy (non-hydrogen) atoms. The molecule has 0 saturated carbocycles.